The zero-order chi connectivity index (χ0) is 16.9. The molecule has 2 aromatic rings. The minimum absolute atomic E-state index is 0.505. The molecular weight excluding hydrogens is 360 g/mol. The molecule has 0 atom stereocenters. The molecule has 0 unspecified atom stereocenters. The van der Waals surface area contributed by atoms with Gasteiger partial charge in [-0.15, -0.1) is 11.3 Å². The van der Waals surface area contributed by atoms with Gasteiger partial charge in [-0.05, 0) is 48.6 Å². The highest BCUT2D eigenvalue weighted by Crippen LogP contribution is 2.30. The van der Waals surface area contributed by atoms with E-state index >= 15 is 0 Å². The van der Waals surface area contributed by atoms with Crippen LogP contribution in [0, 0.1) is 0 Å². The summed E-state index contributed by atoms with van der Waals surface area (Å²) in [6, 6.07) is 10.3. The Morgan fingerprint density at radius 3 is 2.83 bits per heavy atom. The van der Waals surface area contributed by atoms with Gasteiger partial charge in [0.25, 0.3) is 0 Å². The van der Waals surface area contributed by atoms with Crippen molar-refractivity contribution in [2.24, 2.45) is 0 Å². The Balaban J connectivity index is 1.78. The number of hydrogen-bond donors (Lipinski definition) is 1. The van der Waals surface area contributed by atoms with Crippen molar-refractivity contribution in [3.05, 3.63) is 45.6 Å². The Kier molecular flexibility index (Phi) is 5.98. The van der Waals surface area contributed by atoms with Crippen LogP contribution in [0.15, 0.2) is 35.7 Å². The molecule has 1 fully saturated rings. The van der Waals surface area contributed by atoms with Gasteiger partial charge in [0.15, 0.2) is 5.11 Å². The van der Waals surface area contributed by atoms with Gasteiger partial charge in [0.2, 0.25) is 0 Å². The number of anilines is 1. The van der Waals surface area contributed by atoms with E-state index in [4.69, 9.17) is 28.6 Å². The van der Waals surface area contributed by atoms with Gasteiger partial charge in [-0.25, -0.2) is 0 Å². The van der Waals surface area contributed by atoms with Crippen molar-refractivity contribution in [1.82, 2.24) is 4.90 Å². The summed E-state index contributed by atoms with van der Waals surface area (Å²) in [7, 11) is 1.64. The van der Waals surface area contributed by atoms with E-state index < -0.39 is 0 Å². The first-order valence-corrected chi connectivity index (χ1v) is 9.77. The van der Waals surface area contributed by atoms with Crippen LogP contribution in [0.3, 0.4) is 0 Å². The van der Waals surface area contributed by atoms with Gasteiger partial charge < -0.3 is 15.0 Å². The van der Waals surface area contributed by atoms with Crippen LogP contribution in [-0.4, -0.2) is 23.2 Å². The zero-order valence-corrected chi connectivity index (χ0v) is 16.0. The molecule has 1 aromatic carbocycles. The van der Waals surface area contributed by atoms with Crippen molar-refractivity contribution in [2.75, 3.05) is 12.4 Å². The second kappa shape index (κ2) is 8.19. The number of thiocarbonyl (C=S) groups is 1. The minimum atomic E-state index is 0.505. The Labute approximate surface area is 157 Å². The van der Waals surface area contributed by atoms with E-state index in [0.29, 0.717) is 16.8 Å². The molecular formula is C18H21ClN2OS2. The number of halogens is 1. The Hall–Kier alpha value is -1.30. The van der Waals surface area contributed by atoms with E-state index in [2.05, 4.69) is 27.7 Å². The van der Waals surface area contributed by atoms with E-state index in [1.807, 2.05) is 12.1 Å². The molecule has 0 saturated heterocycles. The zero-order valence-electron chi connectivity index (χ0n) is 13.6. The summed E-state index contributed by atoms with van der Waals surface area (Å²) < 4.78 is 5.42. The molecule has 128 valence electrons. The van der Waals surface area contributed by atoms with Crippen molar-refractivity contribution in [3.63, 3.8) is 0 Å². The Bertz CT molecular complexity index is 684. The highest BCUT2D eigenvalue weighted by atomic mass is 35.5. The number of thiophene rings is 1. The lowest BCUT2D eigenvalue weighted by atomic mass is 10.2. The highest BCUT2D eigenvalue weighted by Gasteiger charge is 2.25. The third-order valence-corrected chi connectivity index (χ3v) is 5.77. The topological polar surface area (TPSA) is 24.5 Å². The van der Waals surface area contributed by atoms with E-state index in [1.165, 1.54) is 30.6 Å². The second-order valence-electron chi connectivity index (χ2n) is 5.92. The summed E-state index contributed by atoms with van der Waals surface area (Å²) in [6.45, 7) is 0.851. The second-order valence-corrected chi connectivity index (χ2v) is 7.78. The molecule has 1 aliphatic carbocycles. The highest BCUT2D eigenvalue weighted by molar-refractivity contribution is 7.80. The predicted molar refractivity (Wildman–Crippen MR) is 106 cm³/mol. The molecule has 0 bridgehead atoms. The van der Waals surface area contributed by atoms with Gasteiger partial charge in [0.1, 0.15) is 5.75 Å². The maximum absolute atomic E-state index is 6.04. The van der Waals surface area contributed by atoms with Gasteiger partial charge in [0.05, 0.1) is 19.3 Å². The lowest BCUT2D eigenvalue weighted by Gasteiger charge is -2.31. The average Bonchev–Trinajstić information content (AvgIpc) is 3.27. The number of ether oxygens (including phenoxy) is 1. The van der Waals surface area contributed by atoms with E-state index in [9.17, 15) is 0 Å². The maximum Gasteiger partial charge on any atom is 0.174 e. The standard InChI is InChI=1S/C18H21ClN2OS2/c1-22-17-11-13(19)8-9-16(17)20-18(23)21(14-5-2-3-6-14)12-15-7-4-10-24-15/h4,7-11,14H,2-3,5-6,12H2,1H3,(H,20,23). The summed E-state index contributed by atoms with van der Waals surface area (Å²) >= 11 is 13.6. The first-order valence-electron chi connectivity index (χ1n) is 8.11. The molecule has 1 N–H and O–H groups in total. The lowest BCUT2D eigenvalue weighted by molar-refractivity contribution is 0.314. The molecule has 3 nitrogen and oxygen atoms in total. The fourth-order valence-corrected chi connectivity index (χ4v) is 4.30. The third-order valence-electron chi connectivity index (χ3n) is 4.34. The summed E-state index contributed by atoms with van der Waals surface area (Å²) in [5.41, 5.74) is 0.848. The minimum Gasteiger partial charge on any atom is -0.495 e. The molecule has 1 aliphatic rings. The first kappa shape index (κ1) is 17.5. The van der Waals surface area contributed by atoms with Crippen LogP contribution in [-0.2, 0) is 6.54 Å². The molecule has 24 heavy (non-hydrogen) atoms. The molecule has 1 saturated carbocycles. The maximum atomic E-state index is 6.04. The largest absolute Gasteiger partial charge is 0.495 e. The normalized spacial score (nSPS) is 14.6. The van der Waals surface area contributed by atoms with Gasteiger partial charge in [0, 0.05) is 22.0 Å². The van der Waals surface area contributed by atoms with Crippen LogP contribution in [0.25, 0.3) is 0 Å². The number of nitrogens with one attached hydrogen (secondary N) is 1. The summed E-state index contributed by atoms with van der Waals surface area (Å²) in [6.07, 6.45) is 4.95. The van der Waals surface area contributed by atoms with Crippen molar-refractivity contribution < 1.29 is 4.74 Å². The van der Waals surface area contributed by atoms with Crippen molar-refractivity contribution >= 4 is 46.0 Å². The quantitative estimate of drug-likeness (QED) is 0.687. The van der Waals surface area contributed by atoms with Gasteiger partial charge in [-0.3, -0.25) is 0 Å². The Morgan fingerprint density at radius 1 is 1.38 bits per heavy atom. The number of rotatable bonds is 5. The van der Waals surface area contributed by atoms with Crippen LogP contribution in [0.2, 0.25) is 5.02 Å². The lowest BCUT2D eigenvalue weighted by Crippen LogP contribution is -2.40. The SMILES string of the molecule is COc1cc(Cl)ccc1NC(=S)N(Cc1cccs1)C1CCCC1. The Morgan fingerprint density at radius 2 is 2.17 bits per heavy atom. The fraction of sp³-hybridized carbons (Fsp3) is 0.389. The smallest absolute Gasteiger partial charge is 0.174 e. The van der Waals surface area contributed by atoms with Crippen LogP contribution >= 0.6 is 35.2 Å². The monoisotopic (exact) mass is 380 g/mol. The summed E-state index contributed by atoms with van der Waals surface area (Å²) in [4.78, 5) is 3.65. The van der Waals surface area contributed by atoms with Gasteiger partial charge >= 0.3 is 0 Å². The van der Waals surface area contributed by atoms with E-state index in [-0.39, 0.29) is 0 Å². The molecule has 6 heteroatoms. The fourth-order valence-electron chi connectivity index (χ4n) is 3.11. The van der Waals surface area contributed by atoms with E-state index in [0.717, 1.165) is 17.3 Å². The molecule has 0 amide bonds. The number of benzene rings is 1. The van der Waals surface area contributed by atoms with Gasteiger partial charge in [-0.2, -0.15) is 0 Å². The van der Waals surface area contributed by atoms with Gasteiger partial charge in [-0.1, -0.05) is 30.5 Å². The number of hydrogen-bond acceptors (Lipinski definition) is 3. The number of nitrogens with zero attached hydrogens (tertiary/aromatic N) is 1. The van der Waals surface area contributed by atoms with E-state index in [1.54, 1.807) is 24.5 Å². The van der Waals surface area contributed by atoms with Crippen molar-refractivity contribution in [3.8, 4) is 5.75 Å². The molecule has 0 radical (unpaired) electrons. The third kappa shape index (κ3) is 4.21. The molecule has 0 spiro atoms. The van der Waals surface area contributed by atoms with Crippen LogP contribution < -0.4 is 10.1 Å². The first-order chi connectivity index (χ1) is 11.7. The van der Waals surface area contributed by atoms with Crippen LogP contribution in [0.1, 0.15) is 30.6 Å². The van der Waals surface area contributed by atoms with Crippen LogP contribution in [0.5, 0.6) is 5.75 Å². The number of methoxy groups -OCH3 is 1. The van der Waals surface area contributed by atoms with Crippen molar-refractivity contribution in [2.45, 2.75) is 38.3 Å². The predicted octanol–water partition coefficient (Wildman–Crippen LogP) is 5.55. The van der Waals surface area contributed by atoms with Crippen LogP contribution in [0.4, 0.5) is 5.69 Å². The summed E-state index contributed by atoms with van der Waals surface area (Å²) in [5, 5.41) is 6.86. The average molecular weight is 381 g/mol. The summed E-state index contributed by atoms with van der Waals surface area (Å²) in [5.74, 6) is 0.701. The molecule has 0 aliphatic heterocycles. The molecule has 1 aromatic heterocycles. The molecule has 3 rings (SSSR count). The van der Waals surface area contributed by atoms with Crippen molar-refractivity contribution in [1.29, 1.82) is 0 Å². The molecule has 1 heterocycles.